The lowest BCUT2D eigenvalue weighted by Gasteiger charge is -2.44. The average Bonchev–Trinajstić information content (AvgIpc) is 3.49. The molecule has 2 amide bonds. The van der Waals surface area contributed by atoms with Gasteiger partial charge in [0.1, 0.15) is 0 Å². The molecule has 47 heavy (non-hydrogen) atoms. The molecule has 0 spiro atoms. The number of carbonyl (C=O) groups excluding carboxylic acids is 3. The lowest BCUT2D eigenvalue weighted by molar-refractivity contribution is -0.274. The van der Waals surface area contributed by atoms with E-state index >= 15 is 0 Å². The number of ether oxygens (including phenoxy) is 4. The number of esters is 2. The van der Waals surface area contributed by atoms with Crippen LogP contribution in [0, 0.1) is 0 Å². The number of nitrogens with zero attached hydrogens (tertiary/aromatic N) is 4. The number of amides is 2. The summed E-state index contributed by atoms with van der Waals surface area (Å²) in [6.45, 7) is 9.73. The van der Waals surface area contributed by atoms with Gasteiger partial charge < -0.3 is 23.8 Å². The molecule has 1 aromatic rings. The van der Waals surface area contributed by atoms with Gasteiger partial charge >= 0.3 is 23.9 Å². The van der Waals surface area contributed by atoms with Crippen LogP contribution in [0.15, 0.2) is 35.2 Å². The fraction of sp³-hybridized carbons (Fsp3) is 0.667. The molecular weight excluding hydrogens is 628 g/mol. The Kier molecular flexibility index (Phi) is 11.9. The van der Waals surface area contributed by atoms with Crippen molar-refractivity contribution in [2.45, 2.75) is 62.8 Å². The number of rotatable bonds is 13. The molecule has 0 unspecified atom stereocenters. The molecule has 0 N–H and O–H groups in total. The average molecular weight is 677 g/mol. The zero-order valence-electron chi connectivity index (χ0n) is 27.6. The summed E-state index contributed by atoms with van der Waals surface area (Å²) in [4.78, 5) is 48.0. The Morgan fingerprint density at radius 3 is 2.13 bits per heavy atom. The molecule has 3 heterocycles. The number of hydrogen-bond acceptors (Lipinski definition) is 11. The number of sulfone groups is 1. The quantitative estimate of drug-likeness (QED) is 0.283. The molecule has 1 aliphatic carbocycles. The molecule has 0 saturated carbocycles. The van der Waals surface area contributed by atoms with Crippen LogP contribution in [0.1, 0.15) is 44.2 Å². The fourth-order valence-corrected chi connectivity index (χ4v) is 8.19. The molecule has 5 rings (SSSR count). The zero-order valence-corrected chi connectivity index (χ0v) is 28.4. The number of hydrogen-bond donors (Lipinski definition) is 0. The summed E-state index contributed by atoms with van der Waals surface area (Å²) in [5.74, 6) is -3.93. The maximum Gasteiger partial charge on any atom is 0.347 e. The summed E-state index contributed by atoms with van der Waals surface area (Å²) < 4.78 is 50.1. The maximum absolute atomic E-state index is 14.7. The predicted molar refractivity (Wildman–Crippen MR) is 172 cm³/mol. The Bertz CT molecular complexity index is 1380. The Balaban J connectivity index is 1.42. The van der Waals surface area contributed by atoms with Crippen LogP contribution < -0.4 is 0 Å². The highest BCUT2D eigenvalue weighted by molar-refractivity contribution is 7.91. The van der Waals surface area contributed by atoms with Crippen LogP contribution in [-0.4, -0.2) is 142 Å². The largest absolute Gasteiger partial charge is 0.400 e. The first-order chi connectivity index (χ1) is 22.6. The van der Waals surface area contributed by atoms with Crippen molar-refractivity contribution in [1.82, 2.24) is 19.6 Å². The monoisotopic (exact) mass is 676 g/mol. The Morgan fingerprint density at radius 2 is 1.51 bits per heavy atom. The minimum atomic E-state index is -3.72. The lowest BCUT2D eigenvalue weighted by atomic mass is 10.1. The summed E-state index contributed by atoms with van der Waals surface area (Å²) in [5, 5.41) is 0. The van der Waals surface area contributed by atoms with Crippen LogP contribution in [0.4, 0.5) is 4.79 Å². The number of benzene rings is 1. The van der Waals surface area contributed by atoms with Gasteiger partial charge in [-0.2, -0.15) is 0 Å². The van der Waals surface area contributed by atoms with Gasteiger partial charge in [-0.25, -0.2) is 22.8 Å². The van der Waals surface area contributed by atoms with Gasteiger partial charge in [0.05, 0.1) is 43.5 Å². The summed E-state index contributed by atoms with van der Waals surface area (Å²) in [5.41, 5.74) is 1.92. The van der Waals surface area contributed by atoms with Gasteiger partial charge in [0.2, 0.25) is 0 Å². The Morgan fingerprint density at radius 1 is 0.894 bits per heavy atom. The molecule has 0 aromatic heterocycles. The summed E-state index contributed by atoms with van der Waals surface area (Å²) in [7, 11) is -3.72. The van der Waals surface area contributed by atoms with Gasteiger partial charge in [-0.1, -0.05) is 12.1 Å². The van der Waals surface area contributed by atoms with Gasteiger partial charge in [-0.05, 0) is 56.7 Å². The topological polar surface area (TPSA) is 135 Å². The van der Waals surface area contributed by atoms with Gasteiger partial charge in [0, 0.05) is 70.6 Å². The van der Waals surface area contributed by atoms with Crippen molar-refractivity contribution in [3.05, 3.63) is 41.5 Å². The zero-order chi connectivity index (χ0) is 33.4. The summed E-state index contributed by atoms with van der Waals surface area (Å²) in [6.07, 6.45) is 4.99. The standard InChI is InChI=1S/C33H48N4O9S/c1-26(2)36(20-25-47(41,42)29-9-4-7-27-6-3-8-28(27)29)32(40)37(14-5-13-34-16-21-43-22-17-34)33(12-15-35-18-23-44-24-19-35)45-30(38)10-11-31(39)46-33/h4,7,9-11,26H,3,5-6,8,12-25H2,1-2H3. The van der Waals surface area contributed by atoms with E-state index in [-0.39, 0.29) is 25.3 Å². The molecule has 13 nitrogen and oxygen atoms in total. The van der Waals surface area contributed by atoms with E-state index in [1.165, 1.54) is 9.80 Å². The van der Waals surface area contributed by atoms with Crippen LogP contribution in [-0.2, 0) is 51.2 Å². The third-order valence-electron chi connectivity index (χ3n) is 9.23. The van der Waals surface area contributed by atoms with E-state index in [1.807, 2.05) is 19.9 Å². The number of carbonyl (C=O) groups is 3. The second-order valence-corrected chi connectivity index (χ2v) is 14.8. The van der Waals surface area contributed by atoms with Crippen LogP contribution in [0.2, 0.25) is 0 Å². The third kappa shape index (κ3) is 8.91. The van der Waals surface area contributed by atoms with Crippen molar-refractivity contribution >= 4 is 27.8 Å². The molecule has 0 radical (unpaired) electrons. The highest BCUT2D eigenvalue weighted by Crippen LogP contribution is 2.31. The van der Waals surface area contributed by atoms with Gasteiger partial charge in [0.25, 0.3) is 0 Å². The maximum atomic E-state index is 14.7. The summed E-state index contributed by atoms with van der Waals surface area (Å²) in [6, 6.07) is 4.42. The lowest BCUT2D eigenvalue weighted by Crippen LogP contribution is -2.62. The number of morpholine rings is 2. The van der Waals surface area contributed by atoms with E-state index in [0.717, 1.165) is 49.2 Å². The molecule has 2 fully saturated rings. The van der Waals surface area contributed by atoms with E-state index in [1.54, 1.807) is 12.1 Å². The van der Waals surface area contributed by atoms with E-state index < -0.39 is 39.8 Å². The molecular formula is C33H48N4O9S. The first-order valence-electron chi connectivity index (χ1n) is 16.7. The fourth-order valence-electron chi connectivity index (χ4n) is 6.63. The van der Waals surface area contributed by atoms with E-state index in [0.29, 0.717) is 70.3 Å². The first-order valence-corrected chi connectivity index (χ1v) is 18.4. The predicted octanol–water partition coefficient (Wildman–Crippen LogP) is 1.84. The van der Waals surface area contributed by atoms with Crippen molar-refractivity contribution in [2.75, 3.05) is 84.5 Å². The molecule has 2 saturated heterocycles. The van der Waals surface area contributed by atoms with E-state index in [4.69, 9.17) is 18.9 Å². The number of fused-ring (bicyclic) bond motifs is 1. The molecule has 14 heteroatoms. The number of aryl methyl sites for hydroxylation is 1. The summed E-state index contributed by atoms with van der Waals surface area (Å²) >= 11 is 0. The highest BCUT2D eigenvalue weighted by Gasteiger charge is 2.49. The van der Waals surface area contributed by atoms with E-state index in [2.05, 4.69) is 9.80 Å². The minimum absolute atomic E-state index is 0.00976. The second-order valence-electron chi connectivity index (χ2n) is 12.7. The Labute approximate surface area is 277 Å². The van der Waals surface area contributed by atoms with Crippen molar-refractivity contribution < 1.29 is 41.7 Å². The Hall–Kier alpha value is -3.04. The van der Waals surface area contributed by atoms with Crippen molar-refractivity contribution in [3.63, 3.8) is 0 Å². The van der Waals surface area contributed by atoms with Crippen LogP contribution in [0.3, 0.4) is 0 Å². The third-order valence-corrected chi connectivity index (χ3v) is 11.0. The van der Waals surface area contributed by atoms with Gasteiger partial charge in [-0.15, -0.1) is 0 Å². The number of cyclic esters (lactones) is 2. The van der Waals surface area contributed by atoms with Crippen molar-refractivity contribution in [1.29, 1.82) is 0 Å². The van der Waals surface area contributed by atoms with Crippen LogP contribution in [0.5, 0.6) is 0 Å². The van der Waals surface area contributed by atoms with Gasteiger partial charge in [0.15, 0.2) is 9.84 Å². The highest BCUT2D eigenvalue weighted by atomic mass is 32.2. The van der Waals surface area contributed by atoms with Crippen LogP contribution in [0.25, 0.3) is 0 Å². The minimum Gasteiger partial charge on any atom is -0.400 e. The smallest absolute Gasteiger partial charge is 0.347 e. The van der Waals surface area contributed by atoms with Crippen molar-refractivity contribution in [3.8, 4) is 0 Å². The first kappa shape index (κ1) is 35.3. The molecule has 1 aromatic carbocycles. The molecule has 4 aliphatic rings. The normalized spacial score (nSPS) is 20.4. The molecule has 260 valence electrons. The molecule has 0 atom stereocenters. The van der Waals surface area contributed by atoms with E-state index in [9.17, 15) is 22.8 Å². The van der Waals surface area contributed by atoms with Crippen molar-refractivity contribution in [2.24, 2.45) is 0 Å². The SMILES string of the molecule is CC(C)N(CCS(=O)(=O)c1cccc2c1CCC2)C(=O)N(CCCN1CCOCC1)C1(CCN2CCOCC2)OC(=O)C=CC(=O)O1. The number of urea groups is 1. The second kappa shape index (κ2) is 15.9. The molecule has 0 bridgehead atoms. The molecule has 3 aliphatic heterocycles. The van der Waals surface area contributed by atoms with Crippen LogP contribution >= 0.6 is 0 Å². The van der Waals surface area contributed by atoms with Gasteiger partial charge in [-0.3, -0.25) is 14.7 Å².